The number of nitrogens with one attached hydrogen (secondary N) is 2. The third-order valence-corrected chi connectivity index (χ3v) is 4.21. The van der Waals surface area contributed by atoms with Gasteiger partial charge in [0.1, 0.15) is 5.69 Å². The van der Waals surface area contributed by atoms with E-state index < -0.39 is 22.4 Å². The number of ether oxygens (including phenoxy) is 1. The molecule has 2 N–H and O–H groups in total. The van der Waals surface area contributed by atoms with Crippen LogP contribution in [-0.4, -0.2) is 61.0 Å². The maximum absolute atomic E-state index is 12.7. The number of hydrogen-bond donors (Lipinski definition) is 2. The summed E-state index contributed by atoms with van der Waals surface area (Å²) < 4.78 is 43.2. The van der Waals surface area contributed by atoms with Crippen molar-refractivity contribution in [2.75, 3.05) is 44.7 Å². The smallest absolute Gasteiger partial charge is 0.378 e. The molecular formula is C17H21F3N4O5. The van der Waals surface area contributed by atoms with E-state index in [0.717, 1.165) is 12.1 Å². The fourth-order valence-corrected chi connectivity index (χ4v) is 2.69. The minimum absolute atomic E-state index is 0.00336. The molecule has 1 heterocycles. The van der Waals surface area contributed by atoms with Crippen LogP contribution in [0.4, 0.5) is 24.5 Å². The summed E-state index contributed by atoms with van der Waals surface area (Å²) in [5.41, 5.74) is -1.91. The molecule has 0 saturated carbocycles. The molecule has 29 heavy (non-hydrogen) atoms. The van der Waals surface area contributed by atoms with E-state index in [1.165, 1.54) is 0 Å². The fourth-order valence-electron chi connectivity index (χ4n) is 2.69. The summed E-state index contributed by atoms with van der Waals surface area (Å²) in [6, 6.07) is 2.17. The third-order valence-electron chi connectivity index (χ3n) is 4.21. The Kier molecular flexibility index (Phi) is 7.76. The van der Waals surface area contributed by atoms with E-state index in [-0.39, 0.29) is 43.4 Å². The number of rotatable bonds is 8. The van der Waals surface area contributed by atoms with Crippen LogP contribution in [0, 0.1) is 10.1 Å². The van der Waals surface area contributed by atoms with Crippen molar-refractivity contribution in [1.29, 1.82) is 0 Å². The summed E-state index contributed by atoms with van der Waals surface area (Å²) in [5.74, 6) is -0.503. The van der Waals surface area contributed by atoms with E-state index in [1.807, 2.05) is 0 Å². The Hall–Kier alpha value is -2.89. The number of benzene rings is 1. The standard InChI is InChI=1S/C17H21F3N4O5/c18-17(19,20)12-1-2-13(14(11-12)24(27)28)21-5-6-22-15(25)3-4-16(26)23-7-9-29-10-8-23/h1-2,11,21H,3-10H2,(H,22,25). The topological polar surface area (TPSA) is 114 Å². The predicted molar refractivity (Wildman–Crippen MR) is 96.2 cm³/mol. The summed E-state index contributed by atoms with van der Waals surface area (Å²) >= 11 is 0. The summed E-state index contributed by atoms with van der Waals surface area (Å²) in [6.07, 6.45) is -4.63. The van der Waals surface area contributed by atoms with Crippen molar-refractivity contribution in [1.82, 2.24) is 10.2 Å². The number of carbonyl (C=O) groups excluding carboxylic acids is 2. The second-order valence-electron chi connectivity index (χ2n) is 6.26. The zero-order chi connectivity index (χ0) is 21.4. The van der Waals surface area contributed by atoms with Gasteiger partial charge in [-0.25, -0.2) is 0 Å². The van der Waals surface area contributed by atoms with Crippen LogP contribution in [0.1, 0.15) is 18.4 Å². The third kappa shape index (κ3) is 6.89. The molecule has 0 atom stereocenters. The highest BCUT2D eigenvalue weighted by atomic mass is 19.4. The Labute approximate surface area is 164 Å². The van der Waals surface area contributed by atoms with Gasteiger partial charge in [-0.1, -0.05) is 0 Å². The van der Waals surface area contributed by atoms with Crippen molar-refractivity contribution < 1.29 is 32.4 Å². The first-order valence-corrected chi connectivity index (χ1v) is 8.90. The fraction of sp³-hybridized carbons (Fsp3) is 0.529. The lowest BCUT2D eigenvalue weighted by atomic mass is 10.1. The summed E-state index contributed by atoms with van der Waals surface area (Å²) in [5, 5.41) is 16.2. The Morgan fingerprint density at radius 1 is 1.17 bits per heavy atom. The Morgan fingerprint density at radius 2 is 1.86 bits per heavy atom. The van der Waals surface area contributed by atoms with Crippen LogP contribution in [0.3, 0.4) is 0 Å². The lowest BCUT2D eigenvalue weighted by molar-refractivity contribution is -0.384. The molecule has 0 aliphatic carbocycles. The molecule has 160 valence electrons. The molecule has 0 spiro atoms. The molecule has 1 aromatic carbocycles. The first kappa shape index (κ1) is 22.4. The number of carbonyl (C=O) groups is 2. The van der Waals surface area contributed by atoms with Gasteiger partial charge < -0.3 is 20.3 Å². The van der Waals surface area contributed by atoms with E-state index >= 15 is 0 Å². The Morgan fingerprint density at radius 3 is 2.48 bits per heavy atom. The van der Waals surface area contributed by atoms with Crippen molar-refractivity contribution in [3.05, 3.63) is 33.9 Å². The Bertz CT molecular complexity index is 751. The summed E-state index contributed by atoms with van der Waals surface area (Å²) in [6.45, 7) is 2.09. The lowest BCUT2D eigenvalue weighted by Crippen LogP contribution is -2.41. The molecule has 12 heteroatoms. The molecule has 1 fully saturated rings. The van der Waals surface area contributed by atoms with Crippen LogP contribution >= 0.6 is 0 Å². The molecule has 0 aromatic heterocycles. The first-order valence-electron chi connectivity index (χ1n) is 8.90. The second kappa shape index (κ2) is 10.0. The van der Waals surface area contributed by atoms with Crippen molar-refractivity contribution in [2.24, 2.45) is 0 Å². The maximum Gasteiger partial charge on any atom is 0.416 e. The van der Waals surface area contributed by atoms with Crippen molar-refractivity contribution in [3.8, 4) is 0 Å². The molecule has 0 unspecified atom stereocenters. The number of amides is 2. The first-order chi connectivity index (χ1) is 13.7. The highest BCUT2D eigenvalue weighted by Gasteiger charge is 2.33. The molecule has 1 saturated heterocycles. The van der Waals surface area contributed by atoms with Gasteiger partial charge in [0.2, 0.25) is 11.8 Å². The molecule has 1 aromatic rings. The quantitative estimate of drug-likeness (QED) is 0.378. The van der Waals surface area contributed by atoms with Crippen LogP contribution in [0.25, 0.3) is 0 Å². The van der Waals surface area contributed by atoms with E-state index in [0.29, 0.717) is 32.4 Å². The highest BCUT2D eigenvalue weighted by Crippen LogP contribution is 2.34. The minimum Gasteiger partial charge on any atom is -0.378 e. The van der Waals surface area contributed by atoms with Gasteiger partial charge in [-0.2, -0.15) is 13.2 Å². The average Bonchev–Trinajstić information content (AvgIpc) is 2.69. The molecule has 9 nitrogen and oxygen atoms in total. The number of alkyl halides is 3. The lowest BCUT2D eigenvalue weighted by Gasteiger charge is -2.26. The number of morpholine rings is 1. The van der Waals surface area contributed by atoms with Crippen molar-refractivity contribution >= 4 is 23.2 Å². The molecule has 2 amide bonds. The number of halogens is 3. The normalized spacial score (nSPS) is 14.4. The van der Waals surface area contributed by atoms with Crippen molar-refractivity contribution in [3.63, 3.8) is 0 Å². The van der Waals surface area contributed by atoms with E-state index in [1.54, 1.807) is 4.90 Å². The van der Waals surface area contributed by atoms with Crippen LogP contribution < -0.4 is 10.6 Å². The SMILES string of the molecule is O=C(CCC(=O)N1CCOCC1)NCCNc1ccc(C(F)(F)F)cc1[N+](=O)[O-]. The number of anilines is 1. The number of nitro groups is 1. The largest absolute Gasteiger partial charge is 0.416 e. The van der Waals surface area contributed by atoms with E-state index in [2.05, 4.69) is 10.6 Å². The molecule has 2 rings (SSSR count). The van der Waals surface area contributed by atoms with Crippen LogP contribution in [0.2, 0.25) is 0 Å². The second-order valence-corrected chi connectivity index (χ2v) is 6.26. The van der Waals surface area contributed by atoms with Gasteiger partial charge in [0.05, 0.1) is 23.7 Å². The van der Waals surface area contributed by atoms with Gasteiger partial charge in [-0.15, -0.1) is 0 Å². The Balaban J connectivity index is 1.76. The van der Waals surface area contributed by atoms with Gasteiger partial charge in [0.25, 0.3) is 5.69 Å². The zero-order valence-corrected chi connectivity index (χ0v) is 15.5. The van der Waals surface area contributed by atoms with Crippen LogP contribution in [0.5, 0.6) is 0 Å². The molecule has 0 radical (unpaired) electrons. The van der Waals surface area contributed by atoms with Crippen molar-refractivity contribution in [2.45, 2.75) is 19.0 Å². The minimum atomic E-state index is -4.68. The zero-order valence-electron chi connectivity index (χ0n) is 15.5. The van der Waals surface area contributed by atoms with E-state index in [4.69, 9.17) is 4.74 Å². The summed E-state index contributed by atoms with van der Waals surface area (Å²) in [7, 11) is 0. The molecule has 1 aliphatic rings. The number of nitro benzene ring substituents is 1. The van der Waals surface area contributed by atoms with Gasteiger partial charge in [0.15, 0.2) is 0 Å². The summed E-state index contributed by atoms with van der Waals surface area (Å²) in [4.78, 5) is 35.5. The molecule has 1 aliphatic heterocycles. The molecular weight excluding hydrogens is 397 g/mol. The molecule has 0 bridgehead atoms. The van der Waals surface area contributed by atoms with E-state index in [9.17, 15) is 32.9 Å². The van der Waals surface area contributed by atoms with Gasteiger partial charge >= 0.3 is 6.18 Å². The maximum atomic E-state index is 12.7. The highest BCUT2D eigenvalue weighted by molar-refractivity contribution is 5.83. The van der Waals surface area contributed by atoms with Gasteiger partial charge in [0, 0.05) is 45.1 Å². The average molecular weight is 418 g/mol. The van der Waals surface area contributed by atoms with Gasteiger partial charge in [-0.3, -0.25) is 19.7 Å². The van der Waals surface area contributed by atoms with Crippen LogP contribution in [-0.2, 0) is 20.5 Å². The van der Waals surface area contributed by atoms with Gasteiger partial charge in [-0.05, 0) is 12.1 Å². The van der Waals surface area contributed by atoms with Crippen LogP contribution in [0.15, 0.2) is 18.2 Å². The monoisotopic (exact) mass is 418 g/mol. The number of hydrogen-bond acceptors (Lipinski definition) is 6. The number of nitrogens with zero attached hydrogens (tertiary/aromatic N) is 2. The predicted octanol–water partition coefficient (Wildman–Crippen LogP) is 1.78.